The van der Waals surface area contributed by atoms with Gasteiger partial charge in [-0.05, 0) is 58.7 Å². The van der Waals surface area contributed by atoms with E-state index in [9.17, 15) is 4.79 Å². The summed E-state index contributed by atoms with van der Waals surface area (Å²) in [6, 6.07) is 11.8. The van der Waals surface area contributed by atoms with Gasteiger partial charge in [-0.1, -0.05) is 43.2 Å². The number of fused-ring (bicyclic) bond motifs is 1. The fourth-order valence-corrected chi connectivity index (χ4v) is 5.72. The van der Waals surface area contributed by atoms with Gasteiger partial charge in [0.15, 0.2) is 0 Å². The van der Waals surface area contributed by atoms with E-state index in [0.29, 0.717) is 18.6 Å². The highest BCUT2D eigenvalue weighted by atomic mass is 16.2. The highest BCUT2D eigenvalue weighted by molar-refractivity contribution is 5.92. The predicted octanol–water partition coefficient (Wildman–Crippen LogP) is 3.62. The van der Waals surface area contributed by atoms with Gasteiger partial charge in [-0.25, -0.2) is 0 Å². The Morgan fingerprint density at radius 2 is 1.97 bits per heavy atom. The van der Waals surface area contributed by atoms with Crippen LogP contribution in [0.1, 0.15) is 50.3 Å². The molecule has 2 saturated heterocycles. The van der Waals surface area contributed by atoms with Crippen LogP contribution in [0.3, 0.4) is 0 Å². The molecule has 2 fully saturated rings. The fraction of sp³-hybridized carbons (Fsp3) is 0.600. The maximum atomic E-state index is 13.0. The summed E-state index contributed by atoms with van der Waals surface area (Å²) in [5.74, 6) is 0.0609. The molecule has 0 unspecified atom stereocenters. The van der Waals surface area contributed by atoms with E-state index < -0.39 is 0 Å². The second-order valence-electron chi connectivity index (χ2n) is 9.67. The number of aromatic nitrogens is 2. The molecule has 1 N–H and O–H groups in total. The van der Waals surface area contributed by atoms with Gasteiger partial charge in [0.05, 0.1) is 24.1 Å². The van der Waals surface area contributed by atoms with Crippen molar-refractivity contribution in [3.05, 3.63) is 47.8 Å². The van der Waals surface area contributed by atoms with Crippen LogP contribution in [0.2, 0.25) is 0 Å². The van der Waals surface area contributed by atoms with E-state index in [1.165, 1.54) is 24.8 Å². The van der Waals surface area contributed by atoms with Crippen molar-refractivity contribution in [1.82, 2.24) is 19.6 Å². The van der Waals surface area contributed by atoms with Crippen molar-refractivity contribution in [1.29, 1.82) is 0 Å². The normalized spacial score (nSPS) is 27.5. The summed E-state index contributed by atoms with van der Waals surface area (Å²) in [6.07, 6.45) is 8.79. The minimum Gasteiger partial charge on any atom is -0.322 e. The Bertz CT molecular complexity index is 895. The SMILES string of the molecule is Cc1c(NC(=O)CN2CCCCC[C@@H]3N(C)[C@H](Cc4ccccc4)C[C@@]32C)cnn1C. The first-order valence-electron chi connectivity index (χ1n) is 11.7. The first kappa shape index (κ1) is 22.0. The van der Waals surface area contributed by atoms with Crippen molar-refractivity contribution in [3.8, 4) is 0 Å². The Hall–Kier alpha value is -2.18. The molecule has 1 amide bonds. The van der Waals surface area contributed by atoms with E-state index in [0.717, 1.165) is 37.2 Å². The minimum absolute atomic E-state index is 0.00986. The summed E-state index contributed by atoms with van der Waals surface area (Å²) in [7, 11) is 4.19. The van der Waals surface area contributed by atoms with Crippen LogP contribution in [-0.4, -0.2) is 63.2 Å². The lowest BCUT2D eigenvalue weighted by molar-refractivity contribution is -0.119. The summed E-state index contributed by atoms with van der Waals surface area (Å²) < 4.78 is 1.79. The Morgan fingerprint density at radius 3 is 2.68 bits per heavy atom. The van der Waals surface area contributed by atoms with E-state index in [4.69, 9.17) is 0 Å². The Kier molecular flexibility index (Phi) is 6.49. The van der Waals surface area contributed by atoms with Crippen LogP contribution in [0.15, 0.2) is 36.5 Å². The largest absolute Gasteiger partial charge is 0.322 e. The van der Waals surface area contributed by atoms with Crippen LogP contribution in [0.25, 0.3) is 0 Å². The third-order valence-electron chi connectivity index (χ3n) is 7.72. The molecule has 6 nitrogen and oxygen atoms in total. The standard InChI is InChI=1S/C25H37N5O/c1-19-22(17-26-29(19)4)27-24(31)18-30-14-10-6-9-13-23-25(30,2)16-21(28(23)3)15-20-11-7-5-8-12-20/h5,7-8,11-12,17,21,23H,6,9-10,13-16,18H2,1-4H3,(H,27,31)/t21-,23+,25+/m1/s1. The fourth-order valence-electron chi connectivity index (χ4n) is 5.72. The van der Waals surface area contributed by atoms with E-state index >= 15 is 0 Å². The average molecular weight is 424 g/mol. The lowest BCUT2D eigenvalue weighted by Gasteiger charge is -2.45. The summed E-state index contributed by atoms with van der Waals surface area (Å²) in [5, 5.41) is 7.35. The number of nitrogens with zero attached hydrogens (tertiary/aromatic N) is 4. The molecule has 2 aromatic rings. The number of anilines is 1. The predicted molar refractivity (Wildman–Crippen MR) is 125 cm³/mol. The molecule has 2 aliphatic rings. The highest BCUT2D eigenvalue weighted by Crippen LogP contribution is 2.42. The lowest BCUT2D eigenvalue weighted by atomic mass is 9.83. The van der Waals surface area contributed by atoms with E-state index in [1.807, 2.05) is 14.0 Å². The Balaban J connectivity index is 1.51. The molecule has 0 bridgehead atoms. The number of likely N-dealkylation sites (N-methyl/N-ethyl adjacent to an activating group) is 1. The number of nitrogens with one attached hydrogen (secondary N) is 1. The smallest absolute Gasteiger partial charge is 0.238 e. The first-order chi connectivity index (χ1) is 14.9. The topological polar surface area (TPSA) is 53.4 Å². The zero-order valence-electron chi connectivity index (χ0n) is 19.5. The summed E-state index contributed by atoms with van der Waals surface area (Å²) in [6.45, 7) is 5.80. The molecule has 0 spiro atoms. The number of carbonyl (C=O) groups excluding carboxylic acids is 1. The molecule has 0 aliphatic carbocycles. The van der Waals surface area contributed by atoms with Crippen LogP contribution in [0.5, 0.6) is 0 Å². The second-order valence-corrected chi connectivity index (χ2v) is 9.67. The highest BCUT2D eigenvalue weighted by Gasteiger charge is 2.50. The molecule has 2 aliphatic heterocycles. The monoisotopic (exact) mass is 423 g/mol. The molecule has 1 aromatic carbocycles. The molecule has 6 heteroatoms. The third kappa shape index (κ3) is 4.55. The molecular weight excluding hydrogens is 386 g/mol. The van der Waals surface area contributed by atoms with Gasteiger partial charge in [0.25, 0.3) is 0 Å². The van der Waals surface area contributed by atoms with Crippen LogP contribution in [-0.2, 0) is 18.3 Å². The number of rotatable bonds is 5. The average Bonchev–Trinajstić information content (AvgIpc) is 3.17. The number of amides is 1. The molecule has 168 valence electrons. The number of likely N-dealkylation sites (tertiary alicyclic amines) is 2. The zero-order chi connectivity index (χ0) is 22.0. The van der Waals surface area contributed by atoms with Gasteiger partial charge >= 0.3 is 0 Å². The molecule has 1 aromatic heterocycles. The summed E-state index contributed by atoms with van der Waals surface area (Å²) in [5.41, 5.74) is 3.20. The number of hydrogen-bond donors (Lipinski definition) is 1. The van der Waals surface area contributed by atoms with Crippen LogP contribution in [0.4, 0.5) is 5.69 Å². The summed E-state index contributed by atoms with van der Waals surface area (Å²) >= 11 is 0. The number of benzene rings is 1. The van der Waals surface area contributed by atoms with Gasteiger partial charge in [0.1, 0.15) is 0 Å². The van der Waals surface area contributed by atoms with Crippen molar-refractivity contribution in [2.45, 2.75) is 70.0 Å². The quantitative estimate of drug-likeness (QED) is 0.798. The number of carbonyl (C=O) groups is 1. The molecular formula is C25H37N5O. The maximum absolute atomic E-state index is 13.0. The maximum Gasteiger partial charge on any atom is 0.238 e. The first-order valence-corrected chi connectivity index (χ1v) is 11.7. The molecule has 0 saturated carbocycles. The molecule has 31 heavy (non-hydrogen) atoms. The van der Waals surface area contributed by atoms with Gasteiger partial charge in [-0.3, -0.25) is 19.3 Å². The van der Waals surface area contributed by atoms with Gasteiger partial charge < -0.3 is 5.32 Å². The van der Waals surface area contributed by atoms with Gasteiger partial charge in [-0.2, -0.15) is 5.10 Å². The Morgan fingerprint density at radius 1 is 1.19 bits per heavy atom. The van der Waals surface area contributed by atoms with Crippen molar-refractivity contribution >= 4 is 11.6 Å². The third-order valence-corrected chi connectivity index (χ3v) is 7.72. The molecule has 3 atom stereocenters. The second kappa shape index (κ2) is 9.13. The summed E-state index contributed by atoms with van der Waals surface area (Å²) in [4.78, 5) is 18.1. The van der Waals surface area contributed by atoms with E-state index in [2.05, 4.69) is 64.5 Å². The van der Waals surface area contributed by atoms with Crippen molar-refractivity contribution in [2.24, 2.45) is 7.05 Å². The van der Waals surface area contributed by atoms with Gasteiger partial charge in [0, 0.05) is 24.7 Å². The van der Waals surface area contributed by atoms with Crippen LogP contribution >= 0.6 is 0 Å². The minimum atomic E-state index is 0.00986. The van der Waals surface area contributed by atoms with Gasteiger partial charge in [0.2, 0.25) is 5.91 Å². The van der Waals surface area contributed by atoms with Crippen molar-refractivity contribution < 1.29 is 4.79 Å². The zero-order valence-corrected chi connectivity index (χ0v) is 19.5. The van der Waals surface area contributed by atoms with Crippen molar-refractivity contribution in [2.75, 3.05) is 25.5 Å². The van der Waals surface area contributed by atoms with Crippen LogP contribution < -0.4 is 5.32 Å². The van der Waals surface area contributed by atoms with Crippen LogP contribution in [0, 0.1) is 6.92 Å². The molecule has 4 rings (SSSR count). The van der Waals surface area contributed by atoms with E-state index in [1.54, 1.807) is 10.9 Å². The number of hydrogen-bond acceptors (Lipinski definition) is 4. The molecule has 3 heterocycles. The lowest BCUT2D eigenvalue weighted by Crippen LogP contribution is -2.57. The Labute approximate surface area is 186 Å². The van der Waals surface area contributed by atoms with Crippen molar-refractivity contribution in [3.63, 3.8) is 0 Å². The number of aryl methyl sites for hydroxylation is 1. The molecule has 0 radical (unpaired) electrons. The van der Waals surface area contributed by atoms with E-state index in [-0.39, 0.29) is 11.4 Å². The van der Waals surface area contributed by atoms with Gasteiger partial charge in [-0.15, -0.1) is 0 Å².